The van der Waals surface area contributed by atoms with E-state index in [2.05, 4.69) is 0 Å². The van der Waals surface area contributed by atoms with E-state index in [1.165, 1.54) is 11.0 Å². The SMILES string of the molecule is CN(Cc1ccccc1F)CN1C(=O)C[C@@]2(CCSC2)C1=O. The monoisotopic (exact) mass is 322 g/mol. The summed E-state index contributed by atoms with van der Waals surface area (Å²) in [7, 11) is 1.79. The lowest BCUT2D eigenvalue weighted by molar-refractivity contribution is -0.143. The van der Waals surface area contributed by atoms with Crippen LogP contribution in [0.25, 0.3) is 0 Å². The van der Waals surface area contributed by atoms with Gasteiger partial charge < -0.3 is 0 Å². The smallest absolute Gasteiger partial charge is 0.237 e. The van der Waals surface area contributed by atoms with Crippen molar-refractivity contribution in [1.29, 1.82) is 0 Å². The van der Waals surface area contributed by atoms with E-state index in [9.17, 15) is 14.0 Å². The van der Waals surface area contributed by atoms with E-state index in [1.807, 2.05) is 0 Å². The highest BCUT2D eigenvalue weighted by Crippen LogP contribution is 2.44. The topological polar surface area (TPSA) is 40.6 Å². The maximum Gasteiger partial charge on any atom is 0.237 e. The molecule has 3 rings (SSSR count). The normalized spacial score (nSPS) is 25.0. The van der Waals surface area contributed by atoms with Gasteiger partial charge in [-0.05, 0) is 25.3 Å². The standard InChI is InChI=1S/C16H19FN2O2S/c1-18(9-12-4-2-3-5-13(12)17)11-19-14(20)8-16(15(19)21)6-7-22-10-16/h2-5H,6-11H2,1H3/t16-/m1/s1. The largest absolute Gasteiger partial charge is 0.284 e. The van der Waals surface area contributed by atoms with Gasteiger partial charge in [-0.3, -0.25) is 19.4 Å². The Hall–Kier alpha value is -1.40. The number of carbonyl (C=O) groups is 2. The third-order valence-electron chi connectivity index (χ3n) is 4.37. The van der Waals surface area contributed by atoms with Crippen LogP contribution in [-0.4, -0.2) is 46.8 Å². The fourth-order valence-corrected chi connectivity index (χ4v) is 4.57. The zero-order valence-corrected chi connectivity index (χ0v) is 13.4. The van der Waals surface area contributed by atoms with Gasteiger partial charge in [0, 0.05) is 24.3 Å². The quantitative estimate of drug-likeness (QED) is 0.796. The first-order valence-electron chi connectivity index (χ1n) is 7.36. The molecule has 4 nitrogen and oxygen atoms in total. The summed E-state index contributed by atoms with van der Waals surface area (Å²) in [6, 6.07) is 6.56. The predicted molar refractivity (Wildman–Crippen MR) is 83.6 cm³/mol. The highest BCUT2D eigenvalue weighted by Gasteiger charge is 2.53. The zero-order chi connectivity index (χ0) is 15.7. The molecule has 0 aromatic heterocycles. The van der Waals surface area contributed by atoms with E-state index in [-0.39, 0.29) is 24.3 Å². The molecule has 2 aliphatic heterocycles. The molecule has 0 radical (unpaired) electrons. The van der Waals surface area contributed by atoms with Crippen LogP contribution < -0.4 is 0 Å². The van der Waals surface area contributed by atoms with Gasteiger partial charge in [0.05, 0.1) is 12.1 Å². The third kappa shape index (κ3) is 2.77. The van der Waals surface area contributed by atoms with Gasteiger partial charge in [-0.2, -0.15) is 11.8 Å². The summed E-state index contributed by atoms with van der Waals surface area (Å²) >= 11 is 1.74. The number of benzene rings is 1. The first kappa shape index (κ1) is 15.5. The van der Waals surface area contributed by atoms with Crippen molar-refractivity contribution in [1.82, 2.24) is 9.80 Å². The number of likely N-dealkylation sites (tertiary alicyclic amines) is 1. The van der Waals surface area contributed by atoms with E-state index in [0.717, 1.165) is 17.9 Å². The zero-order valence-electron chi connectivity index (χ0n) is 12.5. The number of hydrogen-bond donors (Lipinski definition) is 0. The molecule has 0 N–H and O–H groups in total. The van der Waals surface area contributed by atoms with Crippen LogP contribution in [0.15, 0.2) is 24.3 Å². The summed E-state index contributed by atoms with van der Waals surface area (Å²) in [6.07, 6.45) is 1.11. The molecule has 1 aromatic carbocycles. The van der Waals surface area contributed by atoms with Crippen molar-refractivity contribution in [2.24, 2.45) is 5.41 Å². The molecule has 0 aliphatic carbocycles. The van der Waals surface area contributed by atoms with E-state index < -0.39 is 5.41 Å². The number of imide groups is 1. The third-order valence-corrected chi connectivity index (χ3v) is 5.62. The molecule has 2 heterocycles. The van der Waals surface area contributed by atoms with Crippen LogP contribution in [0, 0.1) is 11.2 Å². The van der Waals surface area contributed by atoms with Gasteiger partial charge in [0.1, 0.15) is 5.82 Å². The molecular formula is C16H19FN2O2S. The number of thioether (sulfide) groups is 1. The minimum atomic E-state index is -0.472. The molecule has 22 heavy (non-hydrogen) atoms. The van der Waals surface area contributed by atoms with Crippen molar-refractivity contribution in [3.63, 3.8) is 0 Å². The molecule has 2 aliphatic rings. The number of amides is 2. The average molecular weight is 322 g/mol. The highest BCUT2D eigenvalue weighted by molar-refractivity contribution is 7.99. The Kier molecular flexibility index (Phi) is 4.23. The molecule has 2 amide bonds. The number of halogens is 1. The second-order valence-electron chi connectivity index (χ2n) is 6.13. The summed E-state index contributed by atoms with van der Waals surface area (Å²) in [5.74, 6) is 1.26. The number of hydrogen-bond acceptors (Lipinski definition) is 4. The lowest BCUT2D eigenvalue weighted by Gasteiger charge is -2.25. The number of nitrogens with zero attached hydrogens (tertiary/aromatic N) is 2. The Morgan fingerprint density at radius 2 is 2.14 bits per heavy atom. The molecule has 1 atom stereocenters. The van der Waals surface area contributed by atoms with Crippen molar-refractivity contribution in [3.05, 3.63) is 35.6 Å². The van der Waals surface area contributed by atoms with Gasteiger partial charge in [-0.1, -0.05) is 18.2 Å². The fraction of sp³-hybridized carbons (Fsp3) is 0.500. The summed E-state index contributed by atoms with van der Waals surface area (Å²) in [4.78, 5) is 27.9. The maximum atomic E-state index is 13.7. The van der Waals surface area contributed by atoms with Crippen LogP contribution in [0.3, 0.4) is 0 Å². The Morgan fingerprint density at radius 1 is 1.36 bits per heavy atom. The van der Waals surface area contributed by atoms with Crippen LogP contribution in [0.4, 0.5) is 4.39 Å². The lowest BCUT2D eigenvalue weighted by Crippen LogP contribution is -2.42. The van der Waals surface area contributed by atoms with Gasteiger partial charge >= 0.3 is 0 Å². The molecule has 0 bridgehead atoms. The molecule has 2 fully saturated rings. The van der Waals surface area contributed by atoms with Crippen molar-refractivity contribution in [3.8, 4) is 0 Å². The first-order valence-corrected chi connectivity index (χ1v) is 8.52. The van der Waals surface area contributed by atoms with Crippen LogP contribution in [0.1, 0.15) is 18.4 Å². The van der Waals surface area contributed by atoms with Crippen LogP contribution in [0.5, 0.6) is 0 Å². The van der Waals surface area contributed by atoms with Crippen molar-refractivity contribution >= 4 is 23.6 Å². The molecule has 1 spiro atoms. The van der Waals surface area contributed by atoms with Crippen molar-refractivity contribution < 1.29 is 14.0 Å². The second-order valence-corrected chi connectivity index (χ2v) is 7.24. The Bertz CT molecular complexity index is 602. The summed E-state index contributed by atoms with van der Waals surface area (Å²) in [6.45, 7) is 0.587. The Balaban J connectivity index is 1.66. The van der Waals surface area contributed by atoms with Gasteiger partial charge in [0.25, 0.3) is 0 Å². The van der Waals surface area contributed by atoms with E-state index in [4.69, 9.17) is 0 Å². The Labute approximate surface area is 133 Å². The average Bonchev–Trinajstić information content (AvgIpc) is 3.03. The fourth-order valence-electron chi connectivity index (χ4n) is 3.13. The van der Waals surface area contributed by atoms with Crippen molar-refractivity contribution in [2.45, 2.75) is 19.4 Å². The highest BCUT2D eigenvalue weighted by atomic mass is 32.2. The second kappa shape index (κ2) is 6.01. The van der Waals surface area contributed by atoms with E-state index in [0.29, 0.717) is 18.5 Å². The van der Waals surface area contributed by atoms with Crippen LogP contribution >= 0.6 is 11.8 Å². The minimum Gasteiger partial charge on any atom is -0.284 e. The first-order chi connectivity index (χ1) is 10.5. The van der Waals surface area contributed by atoms with Gasteiger partial charge in [-0.25, -0.2) is 4.39 Å². The molecule has 118 valence electrons. The summed E-state index contributed by atoms with van der Waals surface area (Å²) in [5, 5.41) is 0. The molecule has 0 saturated carbocycles. The molecule has 6 heteroatoms. The Morgan fingerprint density at radius 3 is 2.82 bits per heavy atom. The van der Waals surface area contributed by atoms with E-state index in [1.54, 1.807) is 41.9 Å². The molecule has 0 unspecified atom stereocenters. The number of carbonyl (C=O) groups excluding carboxylic acids is 2. The minimum absolute atomic E-state index is 0.0529. The summed E-state index contributed by atoms with van der Waals surface area (Å²) in [5.41, 5.74) is 0.0934. The molecule has 1 aromatic rings. The summed E-state index contributed by atoms with van der Waals surface area (Å²) < 4.78 is 13.7. The van der Waals surface area contributed by atoms with Gasteiger partial charge in [0.15, 0.2) is 0 Å². The van der Waals surface area contributed by atoms with Crippen LogP contribution in [0.2, 0.25) is 0 Å². The number of rotatable bonds is 4. The molecular weight excluding hydrogens is 303 g/mol. The van der Waals surface area contributed by atoms with Gasteiger partial charge in [-0.15, -0.1) is 0 Å². The predicted octanol–water partition coefficient (Wildman–Crippen LogP) is 2.10. The maximum absolute atomic E-state index is 13.7. The van der Waals surface area contributed by atoms with Gasteiger partial charge in [0.2, 0.25) is 11.8 Å². The molecule has 2 saturated heterocycles. The van der Waals surface area contributed by atoms with Crippen LogP contribution in [-0.2, 0) is 16.1 Å². The van der Waals surface area contributed by atoms with Crippen molar-refractivity contribution in [2.75, 3.05) is 25.2 Å². The van der Waals surface area contributed by atoms with E-state index >= 15 is 0 Å². The lowest BCUT2D eigenvalue weighted by atomic mass is 9.86.